The monoisotopic (exact) mass is 787 g/mol. The number of fused-ring (bicyclic) bond motifs is 7. The molecule has 290 valence electrons. The van der Waals surface area contributed by atoms with Gasteiger partial charge in [0.05, 0.1) is 11.1 Å². The van der Waals surface area contributed by atoms with E-state index in [0.29, 0.717) is 0 Å². The van der Waals surface area contributed by atoms with Gasteiger partial charge in [-0.3, -0.25) is 0 Å². The lowest BCUT2D eigenvalue weighted by molar-refractivity contribution is 0.768. The Morgan fingerprint density at radius 1 is 0.274 bits per heavy atom. The van der Waals surface area contributed by atoms with Crippen LogP contribution in [0.4, 0.5) is 17.1 Å². The van der Waals surface area contributed by atoms with Crippen molar-refractivity contribution in [2.24, 2.45) is 0 Å². The van der Waals surface area contributed by atoms with Gasteiger partial charge in [-0.2, -0.15) is 0 Å². The van der Waals surface area contributed by atoms with Gasteiger partial charge in [0.1, 0.15) is 0 Å². The molecule has 0 saturated heterocycles. The minimum absolute atomic E-state index is 0.533. The standard InChI is InChI=1S/C61H41N/c1-4-23-44(24-5-1)61(45-25-6-2-7-26-45)57-36-17-16-33-53(57)54-39-38-47(41-58(54)61)62(46-27-8-3-9-28-46)59-37-19-35-55(51-34-18-22-42-20-10-12-29-48(42)51)60(59)56-40-43-21-11-13-30-49(43)50-31-14-15-32-52(50)56/h1-41H. The van der Waals surface area contributed by atoms with Gasteiger partial charge in [0, 0.05) is 16.9 Å². The van der Waals surface area contributed by atoms with Gasteiger partial charge in [0.15, 0.2) is 0 Å². The highest BCUT2D eigenvalue weighted by atomic mass is 15.1. The van der Waals surface area contributed by atoms with Crippen LogP contribution in [0.3, 0.4) is 0 Å². The van der Waals surface area contributed by atoms with Gasteiger partial charge in [-0.05, 0) is 119 Å². The van der Waals surface area contributed by atoms with Crippen molar-refractivity contribution in [2.45, 2.75) is 5.41 Å². The molecule has 0 heterocycles. The highest BCUT2D eigenvalue weighted by molar-refractivity contribution is 6.17. The molecule has 0 amide bonds. The Balaban J connectivity index is 1.20. The van der Waals surface area contributed by atoms with Gasteiger partial charge in [-0.25, -0.2) is 0 Å². The van der Waals surface area contributed by atoms with Crippen molar-refractivity contribution < 1.29 is 0 Å². The number of rotatable bonds is 7. The summed E-state index contributed by atoms with van der Waals surface area (Å²) in [6, 6.07) is 91.8. The molecule has 11 aromatic rings. The van der Waals surface area contributed by atoms with E-state index in [-0.39, 0.29) is 0 Å². The maximum absolute atomic E-state index is 2.50. The lowest BCUT2D eigenvalue weighted by atomic mass is 9.67. The van der Waals surface area contributed by atoms with E-state index in [0.717, 1.165) is 17.1 Å². The summed E-state index contributed by atoms with van der Waals surface area (Å²) >= 11 is 0. The third kappa shape index (κ3) is 5.49. The van der Waals surface area contributed by atoms with Crippen molar-refractivity contribution >= 4 is 49.4 Å². The Hall–Kier alpha value is -8.00. The molecule has 0 N–H and O–H groups in total. The molecule has 0 spiro atoms. The lowest BCUT2D eigenvalue weighted by Crippen LogP contribution is -2.28. The van der Waals surface area contributed by atoms with Crippen molar-refractivity contribution in [2.75, 3.05) is 4.90 Å². The number of para-hydroxylation sites is 1. The van der Waals surface area contributed by atoms with Crippen LogP contribution in [-0.2, 0) is 5.41 Å². The third-order valence-electron chi connectivity index (χ3n) is 13.1. The van der Waals surface area contributed by atoms with Crippen molar-refractivity contribution in [3.63, 3.8) is 0 Å². The van der Waals surface area contributed by atoms with Crippen LogP contribution in [0, 0.1) is 0 Å². The van der Waals surface area contributed by atoms with E-state index in [2.05, 4.69) is 254 Å². The first kappa shape index (κ1) is 35.9. The Bertz CT molecular complexity index is 3420. The molecular weight excluding hydrogens is 747 g/mol. The van der Waals surface area contributed by atoms with Crippen molar-refractivity contribution in [3.05, 3.63) is 271 Å². The molecule has 62 heavy (non-hydrogen) atoms. The van der Waals surface area contributed by atoms with Gasteiger partial charge in [-0.15, -0.1) is 0 Å². The Labute approximate surface area is 362 Å². The number of hydrogen-bond acceptors (Lipinski definition) is 1. The maximum atomic E-state index is 2.50. The predicted octanol–water partition coefficient (Wildman–Crippen LogP) is 16.3. The number of benzene rings is 11. The maximum Gasteiger partial charge on any atom is 0.0714 e. The van der Waals surface area contributed by atoms with Crippen LogP contribution in [-0.4, -0.2) is 0 Å². The molecule has 0 bridgehead atoms. The number of nitrogens with zero attached hydrogens (tertiary/aromatic N) is 1. The van der Waals surface area contributed by atoms with E-state index in [9.17, 15) is 0 Å². The normalized spacial score (nSPS) is 12.6. The molecular formula is C61H41N. The Morgan fingerprint density at radius 2 is 0.806 bits per heavy atom. The summed E-state index contributed by atoms with van der Waals surface area (Å²) in [5.41, 5.74) is 15.2. The van der Waals surface area contributed by atoms with Gasteiger partial charge < -0.3 is 4.90 Å². The van der Waals surface area contributed by atoms with Crippen molar-refractivity contribution in [1.29, 1.82) is 0 Å². The molecule has 0 aromatic heterocycles. The van der Waals surface area contributed by atoms with Crippen LogP contribution >= 0.6 is 0 Å². The molecule has 0 aliphatic heterocycles. The van der Waals surface area contributed by atoms with Crippen LogP contribution < -0.4 is 4.90 Å². The van der Waals surface area contributed by atoms with E-state index in [1.54, 1.807) is 0 Å². The van der Waals surface area contributed by atoms with Crippen molar-refractivity contribution in [3.8, 4) is 33.4 Å². The van der Waals surface area contributed by atoms with Gasteiger partial charge >= 0.3 is 0 Å². The van der Waals surface area contributed by atoms with Gasteiger partial charge in [0.2, 0.25) is 0 Å². The zero-order chi connectivity index (χ0) is 41.0. The molecule has 1 nitrogen and oxygen atoms in total. The highest BCUT2D eigenvalue weighted by Crippen LogP contribution is 2.58. The van der Waals surface area contributed by atoms with E-state index in [1.165, 1.54) is 88.0 Å². The van der Waals surface area contributed by atoms with E-state index in [4.69, 9.17) is 0 Å². The van der Waals surface area contributed by atoms with Gasteiger partial charge in [-0.1, -0.05) is 212 Å². The minimum atomic E-state index is -0.533. The lowest BCUT2D eigenvalue weighted by Gasteiger charge is -2.35. The summed E-state index contributed by atoms with van der Waals surface area (Å²) in [6.45, 7) is 0. The van der Waals surface area contributed by atoms with E-state index >= 15 is 0 Å². The molecule has 0 fully saturated rings. The largest absolute Gasteiger partial charge is 0.310 e. The molecule has 1 heteroatoms. The van der Waals surface area contributed by atoms with Crippen LogP contribution in [0.1, 0.15) is 22.3 Å². The summed E-state index contributed by atoms with van der Waals surface area (Å²) in [7, 11) is 0. The third-order valence-corrected chi connectivity index (χ3v) is 13.1. The Morgan fingerprint density at radius 3 is 1.56 bits per heavy atom. The average molecular weight is 788 g/mol. The first-order chi connectivity index (χ1) is 30.8. The van der Waals surface area contributed by atoms with Crippen LogP contribution in [0.15, 0.2) is 249 Å². The van der Waals surface area contributed by atoms with Gasteiger partial charge in [0.25, 0.3) is 0 Å². The van der Waals surface area contributed by atoms with E-state index in [1.807, 2.05) is 0 Å². The zero-order valence-corrected chi connectivity index (χ0v) is 34.1. The summed E-state index contributed by atoms with van der Waals surface area (Å²) in [5.74, 6) is 0. The fraction of sp³-hybridized carbons (Fsp3) is 0.0164. The molecule has 12 rings (SSSR count). The number of hydrogen-bond donors (Lipinski definition) is 0. The summed E-state index contributed by atoms with van der Waals surface area (Å²) in [6.07, 6.45) is 0. The van der Waals surface area contributed by atoms with Crippen molar-refractivity contribution in [1.82, 2.24) is 0 Å². The first-order valence-corrected chi connectivity index (χ1v) is 21.5. The molecule has 0 radical (unpaired) electrons. The molecule has 0 atom stereocenters. The fourth-order valence-corrected chi connectivity index (χ4v) is 10.5. The Kier molecular flexibility index (Phi) is 8.47. The smallest absolute Gasteiger partial charge is 0.0714 e. The fourth-order valence-electron chi connectivity index (χ4n) is 10.5. The second kappa shape index (κ2) is 14.6. The minimum Gasteiger partial charge on any atom is -0.310 e. The molecule has 1 aliphatic rings. The quantitative estimate of drug-likeness (QED) is 0.145. The molecule has 11 aromatic carbocycles. The van der Waals surface area contributed by atoms with Crippen LogP contribution in [0.25, 0.3) is 65.7 Å². The molecule has 1 aliphatic carbocycles. The summed E-state index contributed by atoms with van der Waals surface area (Å²) in [4.78, 5) is 2.50. The summed E-state index contributed by atoms with van der Waals surface area (Å²) < 4.78 is 0. The van der Waals surface area contributed by atoms with Crippen LogP contribution in [0.2, 0.25) is 0 Å². The summed E-state index contributed by atoms with van der Waals surface area (Å²) in [5, 5.41) is 7.40. The molecule has 0 unspecified atom stereocenters. The second-order valence-electron chi connectivity index (χ2n) is 16.3. The number of anilines is 3. The molecule has 0 saturated carbocycles. The highest BCUT2D eigenvalue weighted by Gasteiger charge is 2.46. The van der Waals surface area contributed by atoms with Crippen LogP contribution in [0.5, 0.6) is 0 Å². The average Bonchev–Trinajstić information content (AvgIpc) is 3.65. The van der Waals surface area contributed by atoms with E-state index < -0.39 is 5.41 Å². The predicted molar refractivity (Wildman–Crippen MR) is 262 cm³/mol. The second-order valence-corrected chi connectivity index (χ2v) is 16.3. The first-order valence-electron chi connectivity index (χ1n) is 21.5. The topological polar surface area (TPSA) is 3.24 Å². The zero-order valence-electron chi connectivity index (χ0n) is 34.1. The SMILES string of the molecule is c1ccc(N(c2ccc3c(c2)C(c2ccccc2)(c2ccccc2)c2ccccc2-3)c2cccc(-c3cccc4ccccc34)c2-c2cc3ccccc3c3ccccc23)cc1.